The highest BCUT2D eigenvalue weighted by Crippen LogP contribution is 2.25. The maximum atomic E-state index is 12.0. The average Bonchev–Trinajstić information content (AvgIpc) is 2.74. The number of nitrogens with zero attached hydrogens (tertiary/aromatic N) is 2. The summed E-state index contributed by atoms with van der Waals surface area (Å²) < 4.78 is 0. The lowest BCUT2D eigenvalue weighted by Crippen LogP contribution is -2.46. The molecule has 160 valence electrons. The molecule has 30 heavy (non-hydrogen) atoms. The summed E-state index contributed by atoms with van der Waals surface area (Å²) >= 11 is 0. The van der Waals surface area contributed by atoms with Gasteiger partial charge in [-0.25, -0.2) is 0 Å². The van der Waals surface area contributed by atoms with Gasteiger partial charge in [0.05, 0.1) is 5.92 Å². The second-order valence-electron chi connectivity index (χ2n) is 8.03. The van der Waals surface area contributed by atoms with Gasteiger partial charge >= 0.3 is 0 Å². The zero-order valence-corrected chi connectivity index (χ0v) is 17.8. The van der Waals surface area contributed by atoms with Gasteiger partial charge in [0, 0.05) is 50.5 Å². The van der Waals surface area contributed by atoms with Gasteiger partial charge < -0.3 is 10.6 Å². The second kappa shape index (κ2) is 10.3. The number of carbonyl (C=O) groups is 2. The Hall–Kier alpha value is -2.86. The van der Waals surface area contributed by atoms with E-state index in [1.807, 2.05) is 37.3 Å². The number of hydrogen-bond donors (Lipinski definition) is 2. The second-order valence-corrected chi connectivity index (χ2v) is 8.03. The molecule has 2 aliphatic rings. The van der Waals surface area contributed by atoms with Gasteiger partial charge in [-0.3, -0.25) is 19.8 Å². The third-order valence-electron chi connectivity index (χ3n) is 5.80. The molecule has 1 aromatic rings. The number of imide groups is 1. The molecule has 0 spiro atoms. The molecule has 1 aromatic carbocycles. The fourth-order valence-electron chi connectivity index (χ4n) is 3.96. The molecule has 3 N–H and O–H groups in total. The molecule has 3 rings (SSSR count). The molecule has 2 amide bonds. The van der Waals surface area contributed by atoms with Crippen molar-refractivity contribution in [2.24, 2.45) is 5.73 Å². The van der Waals surface area contributed by atoms with Crippen molar-refractivity contribution >= 4 is 11.8 Å². The highest BCUT2D eigenvalue weighted by Gasteiger charge is 2.27. The number of nitrogens with two attached hydrogens (primary N) is 1. The van der Waals surface area contributed by atoms with Crippen LogP contribution < -0.4 is 11.1 Å². The van der Waals surface area contributed by atoms with E-state index in [1.54, 1.807) is 0 Å². The van der Waals surface area contributed by atoms with Crippen LogP contribution in [0.15, 0.2) is 60.5 Å². The molecule has 1 unspecified atom stereocenters. The molecule has 0 saturated carbocycles. The molecular weight excluding hydrogens is 376 g/mol. The summed E-state index contributed by atoms with van der Waals surface area (Å²) in [5.74, 6) is -0.564. The van der Waals surface area contributed by atoms with Crippen molar-refractivity contribution in [2.75, 3.05) is 32.7 Å². The van der Waals surface area contributed by atoms with E-state index < -0.39 is 0 Å². The molecule has 2 fully saturated rings. The van der Waals surface area contributed by atoms with E-state index in [2.05, 4.69) is 33.8 Å². The lowest BCUT2D eigenvalue weighted by Gasteiger charge is -2.36. The quantitative estimate of drug-likeness (QED) is 0.535. The Bertz CT molecular complexity index is 829. The zero-order valence-electron chi connectivity index (χ0n) is 17.8. The van der Waals surface area contributed by atoms with E-state index in [9.17, 15) is 9.59 Å². The van der Waals surface area contributed by atoms with E-state index >= 15 is 0 Å². The van der Waals surface area contributed by atoms with Crippen LogP contribution in [0.25, 0.3) is 0 Å². The third-order valence-corrected chi connectivity index (χ3v) is 5.80. The Morgan fingerprint density at radius 3 is 2.47 bits per heavy atom. The van der Waals surface area contributed by atoms with Gasteiger partial charge in [-0.1, -0.05) is 30.8 Å². The lowest BCUT2D eigenvalue weighted by atomic mass is 9.90. The number of nitrogens with one attached hydrogen (secondary N) is 1. The number of amides is 2. The molecule has 6 heteroatoms. The lowest BCUT2D eigenvalue weighted by molar-refractivity contribution is -0.134. The van der Waals surface area contributed by atoms with Crippen LogP contribution in [0.4, 0.5) is 0 Å². The minimum Gasteiger partial charge on any atom is -0.402 e. The third kappa shape index (κ3) is 5.83. The fraction of sp³-hybridized carbons (Fsp3) is 0.417. The summed E-state index contributed by atoms with van der Waals surface area (Å²) in [5.41, 5.74) is 9.89. The maximum absolute atomic E-state index is 12.0. The van der Waals surface area contributed by atoms with Crippen LogP contribution in [0.5, 0.6) is 0 Å². The van der Waals surface area contributed by atoms with Gasteiger partial charge in [-0.2, -0.15) is 0 Å². The van der Waals surface area contributed by atoms with Gasteiger partial charge in [0.25, 0.3) is 0 Å². The molecule has 0 bridgehead atoms. The summed E-state index contributed by atoms with van der Waals surface area (Å²) in [6, 6.07) is 8.27. The van der Waals surface area contributed by atoms with Gasteiger partial charge in [0.15, 0.2) is 0 Å². The van der Waals surface area contributed by atoms with Crippen molar-refractivity contribution < 1.29 is 9.59 Å². The summed E-state index contributed by atoms with van der Waals surface area (Å²) in [6.07, 6.45) is 7.82. The maximum Gasteiger partial charge on any atom is 0.234 e. The number of piperazine rings is 1. The van der Waals surface area contributed by atoms with Crippen LogP contribution in [-0.4, -0.2) is 54.3 Å². The van der Waals surface area contributed by atoms with Crippen molar-refractivity contribution in [3.63, 3.8) is 0 Å². The molecule has 0 radical (unpaired) electrons. The molecule has 2 heterocycles. The van der Waals surface area contributed by atoms with Crippen molar-refractivity contribution in [2.45, 2.75) is 32.1 Å². The van der Waals surface area contributed by atoms with Crippen molar-refractivity contribution in [3.8, 4) is 0 Å². The summed E-state index contributed by atoms with van der Waals surface area (Å²) in [4.78, 5) is 28.2. The molecule has 0 aromatic heterocycles. The average molecular weight is 409 g/mol. The largest absolute Gasteiger partial charge is 0.402 e. The first-order valence-corrected chi connectivity index (χ1v) is 10.6. The minimum atomic E-state index is -0.213. The van der Waals surface area contributed by atoms with Crippen LogP contribution in [-0.2, 0) is 16.0 Å². The molecular formula is C24H32N4O2. The first-order chi connectivity index (χ1) is 14.5. The van der Waals surface area contributed by atoms with Gasteiger partial charge in [-0.15, -0.1) is 0 Å². The number of benzene rings is 1. The van der Waals surface area contributed by atoms with Crippen LogP contribution in [0.3, 0.4) is 0 Å². The highest BCUT2D eigenvalue weighted by molar-refractivity contribution is 6.00. The molecule has 0 aliphatic carbocycles. The highest BCUT2D eigenvalue weighted by atomic mass is 16.2. The normalized spacial score (nSPS) is 21.5. The minimum absolute atomic E-state index is 0.172. The zero-order chi connectivity index (χ0) is 21.5. The van der Waals surface area contributed by atoms with E-state index in [1.165, 1.54) is 5.56 Å². The number of rotatable bonds is 7. The Morgan fingerprint density at radius 2 is 1.87 bits per heavy atom. The smallest absolute Gasteiger partial charge is 0.234 e. The van der Waals surface area contributed by atoms with E-state index in [4.69, 9.17) is 5.73 Å². The first-order valence-electron chi connectivity index (χ1n) is 10.6. The number of carbonyl (C=O) groups excluding carboxylic acids is 2. The number of piperidine rings is 1. The van der Waals surface area contributed by atoms with Gasteiger partial charge in [0.1, 0.15) is 0 Å². The number of allylic oxidation sites excluding steroid dienone is 4. The van der Waals surface area contributed by atoms with Crippen LogP contribution in [0.2, 0.25) is 0 Å². The Morgan fingerprint density at radius 1 is 1.17 bits per heavy atom. The number of hydrogen-bond acceptors (Lipinski definition) is 5. The van der Waals surface area contributed by atoms with Gasteiger partial charge in [0.2, 0.25) is 11.8 Å². The van der Waals surface area contributed by atoms with Gasteiger partial charge in [-0.05, 0) is 49.1 Å². The summed E-state index contributed by atoms with van der Waals surface area (Å²) in [6.45, 7) is 10.8. The van der Waals surface area contributed by atoms with Crippen molar-refractivity contribution in [1.82, 2.24) is 15.1 Å². The van der Waals surface area contributed by atoms with Crippen LogP contribution >= 0.6 is 0 Å². The van der Waals surface area contributed by atoms with E-state index in [0.717, 1.165) is 56.1 Å². The monoisotopic (exact) mass is 408 g/mol. The molecule has 6 nitrogen and oxygen atoms in total. The van der Waals surface area contributed by atoms with Crippen LogP contribution in [0, 0.1) is 0 Å². The summed E-state index contributed by atoms with van der Waals surface area (Å²) in [7, 11) is 0. The van der Waals surface area contributed by atoms with Crippen LogP contribution in [0.1, 0.15) is 36.8 Å². The fourth-order valence-corrected chi connectivity index (χ4v) is 3.96. The molecule has 2 aliphatic heterocycles. The Balaban J connectivity index is 1.47. The summed E-state index contributed by atoms with van der Waals surface area (Å²) in [5, 5.41) is 2.43. The van der Waals surface area contributed by atoms with Crippen molar-refractivity contribution in [1.29, 1.82) is 0 Å². The topological polar surface area (TPSA) is 78.7 Å². The predicted molar refractivity (Wildman–Crippen MR) is 120 cm³/mol. The standard InChI is InChI=1S/C24H32N4O2/c1-3-21(9-4-18(2)25)28-16-14-27(15-17-28)13-12-19-5-7-20(8-6-19)22-10-11-23(29)26-24(22)30/h3-9,22H,1,10-17,25H2,2H3,(H,26,29,30)/b18-4+,21-9+. The van der Waals surface area contributed by atoms with Crippen molar-refractivity contribution in [3.05, 3.63) is 71.6 Å². The Labute approximate surface area is 179 Å². The van der Waals surface area contributed by atoms with E-state index in [0.29, 0.717) is 12.8 Å². The molecule has 1 atom stereocenters. The molecule has 2 saturated heterocycles. The van der Waals surface area contributed by atoms with E-state index in [-0.39, 0.29) is 17.7 Å². The SMILES string of the molecule is C=C/C(=C\C=C(/C)N)N1CCN(CCc2ccc(C3CCC(=O)NC3=O)cc2)CC1. The Kier molecular flexibility index (Phi) is 7.46. The first kappa shape index (κ1) is 21.8. The predicted octanol–water partition coefficient (Wildman–Crippen LogP) is 2.30.